The summed E-state index contributed by atoms with van der Waals surface area (Å²) >= 11 is 0. The third-order valence-corrected chi connectivity index (χ3v) is 3.52. The van der Waals surface area contributed by atoms with Crippen molar-refractivity contribution in [3.8, 4) is 0 Å². The van der Waals surface area contributed by atoms with E-state index in [4.69, 9.17) is 9.52 Å². The number of fused-ring (bicyclic) bond motifs is 1. The summed E-state index contributed by atoms with van der Waals surface area (Å²) in [6.07, 6.45) is 1.18. The smallest absolute Gasteiger partial charge is 0.326 e. The summed E-state index contributed by atoms with van der Waals surface area (Å²) in [6, 6.07) is 4.37. The average Bonchev–Trinajstić information content (AvgIpc) is 3.03. The number of hydrogen-bond acceptors (Lipinski definition) is 4. The summed E-state index contributed by atoms with van der Waals surface area (Å²) < 4.78 is 5.48. The fourth-order valence-electron chi connectivity index (χ4n) is 2.54. The quantitative estimate of drug-likeness (QED) is 0.903. The normalized spacial score (nSPS) is 18.6. The molecule has 1 N–H and O–H groups in total. The van der Waals surface area contributed by atoms with Crippen LogP contribution in [-0.4, -0.2) is 39.5 Å². The zero-order valence-corrected chi connectivity index (χ0v) is 11.0. The first-order valence-corrected chi connectivity index (χ1v) is 6.47. The van der Waals surface area contributed by atoms with Crippen molar-refractivity contribution in [2.24, 2.45) is 0 Å². The maximum absolute atomic E-state index is 12.4. The summed E-state index contributed by atoms with van der Waals surface area (Å²) in [5.41, 5.74) is 1.98. The molecule has 0 saturated carbocycles. The van der Waals surface area contributed by atoms with E-state index in [0.29, 0.717) is 30.5 Å². The second kappa shape index (κ2) is 4.63. The van der Waals surface area contributed by atoms with E-state index in [1.165, 1.54) is 4.90 Å². The van der Waals surface area contributed by atoms with Gasteiger partial charge in [0.15, 0.2) is 11.3 Å². The number of carboxylic acid groups (broad SMARTS) is 1. The highest BCUT2D eigenvalue weighted by Crippen LogP contribution is 2.24. The molecule has 1 aliphatic heterocycles. The molecule has 1 saturated heterocycles. The molecule has 0 bridgehead atoms. The van der Waals surface area contributed by atoms with Crippen LogP contribution in [0.3, 0.4) is 0 Å². The number of carbonyl (C=O) groups excluding carboxylic acids is 1. The van der Waals surface area contributed by atoms with Crippen molar-refractivity contribution in [3.63, 3.8) is 0 Å². The molecule has 0 spiro atoms. The molecular formula is C14H14N2O4. The third-order valence-electron chi connectivity index (χ3n) is 3.52. The Balaban J connectivity index is 1.94. The van der Waals surface area contributed by atoms with E-state index in [1.807, 2.05) is 6.92 Å². The van der Waals surface area contributed by atoms with E-state index >= 15 is 0 Å². The van der Waals surface area contributed by atoms with Crippen molar-refractivity contribution in [1.29, 1.82) is 0 Å². The Hall–Kier alpha value is -2.37. The van der Waals surface area contributed by atoms with Gasteiger partial charge in [0, 0.05) is 18.3 Å². The summed E-state index contributed by atoms with van der Waals surface area (Å²) in [5, 5.41) is 9.12. The molecule has 1 fully saturated rings. The fraction of sp³-hybridized carbons (Fsp3) is 0.357. The number of aryl methyl sites for hydroxylation is 1. The molecule has 1 aliphatic rings. The lowest BCUT2D eigenvalue weighted by atomic mass is 10.2. The highest BCUT2D eigenvalue weighted by Gasteiger charge is 2.35. The second-order valence-electron chi connectivity index (χ2n) is 4.94. The number of carbonyl (C=O) groups is 2. The topological polar surface area (TPSA) is 83.6 Å². The van der Waals surface area contributed by atoms with Gasteiger partial charge in [-0.25, -0.2) is 9.78 Å². The van der Waals surface area contributed by atoms with Gasteiger partial charge in [0.1, 0.15) is 11.6 Å². The summed E-state index contributed by atoms with van der Waals surface area (Å²) in [4.78, 5) is 29.1. The van der Waals surface area contributed by atoms with Gasteiger partial charge in [0.25, 0.3) is 5.91 Å². The third kappa shape index (κ3) is 2.03. The molecule has 0 unspecified atom stereocenters. The van der Waals surface area contributed by atoms with Gasteiger partial charge >= 0.3 is 5.97 Å². The standard InChI is InChI=1S/C14H14N2O4/c1-8-4-5-11-9(15-8)7-12(20-11)13(17)16-6-2-3-10(16)14(18)19/h4-5,7,10H,2-3,6H2,1H3,(H,18,19)/t10-/m0/s1. The lowest BCUT2D eigenvalue weighted by molar-refractivity contribution is -0.141. The molecule has 1 atom stereocenters. The van der Waals surface area contributed by atoms with E-state index in [1.54, 1.807) is 18.2 Å². The Morgan fingerprint density at radius 2 is 2.25 bits per heavy atom. The first-order valence-electron chi connectivity index (χ1n) is 6.47. The number of pyridine rings is 1. The van der Waals surface area contributed by atoms with E-state index in [2.05, 4.69) is 4.98 Å². The lowest BCUT2D eigenvalue weighted by Crippen LogP contribution is -2.40. The summed E-state index contributed by atoms with van der Waals surface area (Å²) in [7, 11) is 0. The highest BCUT2D eigenvalue weighted by molar-refractivity contribution is 5.97. The van der Waals surface area contributed by atoms with Crippen LogP contribution >= 0.6 is 0 Å². The SMILES string of the molecule is Cc1ccc2oc(C(=O)N3CCC[C@H]3C(=O)O)cc2n1. The number of nitrogens with zero attached hydrogens (tertiary/aromatic N) is 2. The van der Waals surface area contributed by atoms with Crippen molar-refractivity contribution >= 4 is 23.0 Å². The maximum atomic E-state index is 12.4. The number of amides is 1. The molecular weight excluding hydrogens is 260 g/mol. The first-order chi connectivity index (χ1) is 9.56. The van der Waals surface area contributed by atoms with E-state index in [-0.39, 0.29) is 11.7 Å². The van der Waals surface area contributed by atoms with Gasteiger partial charge in [-0.1, -0.05) is 0 Å². The van der Waals surface area contributed by atoms with Crippen LogP contribution in [0.2, 0.25) is 0 Å². The van der Waals surface area contributed by atoms with Crippen LogP contribution in [0, 0.1) is 6.92 Å². The van der Waals surface area contributed by atoms with Gasteiger partial charge < -0.3 is 14.4 Å². The minimum atomic E-state index is -0.971. The van der Waals surface area contributed by atoms with Crippen molar-refractivity contribution in [2.75, 3.05) is 6.54 Å². The molecule has 104 valence electrons. The maximum Gasteiger partial charge on any atom is 0.326 e. The van der Waals surface area contributed by atoms with Crippen molar-refractivity contribution in [1.82, 2.24) is 9.88 Å². The van der Waals surface area contributed by atoms with Crippen molar-refractivity contribution in [3.05, 3.63) is 29.7 Å². The number of hydrogen-bond donors (Lipinski definition) is 1. The van der Waals surface area contributed by atoms with Gasteiger partial charge in [-0.2, -0.15) is 0 Å². The molecule has 1 amide bonds. The number of likely N-dealkylation sites (tertiary alicyclic amines) is 1. The fourth-order valence-corrected chi connectivity index (χ4v) is 2.54. The predicted octanol–water partition coefficient (Wildman–Crippen LogP) is 1.83. The number of aliphatic carboxylic acids is 1. The van der Waals surface area contributed by atoms with Crippen LogP contribution in [0.25, 0.3) is 11.1 Å². The minimum absolute atomic E-state index is 0.145. The molecule has 0 aliphatic carbocycles. The van der Waals surface area contributed by atoms with Gasteiger partial charge in [0.2, 0.25) is 0 Å². The van der Waals surface area contributed by atoms with Crippen LogP contribution in [0.15, 0.2) is 22.6 Å². The molecule has 20 heavy (non-hydrogen) atoms. The Labute approximate surface area is 115 Å². The van der Waals surface area contributed by atoms with E-state index in [0.717, 1.165) is 5.69 Å². The Bertz CT molecular complexity index is 692. The van der Waals surface area contributed by atoms with Crippen LogP contribution < -0.4 is 0 Å². The molecule has 3 heterocycles. The molecule has 0 aromatic carbocycles. The number of furan rings is 1. The van der Waals surface area contributed by atoms with Crippen LogP contribution in [-0.2, 0) is 4.79 Å². The van der Waals surface area contributed by atoms with Crippen molar-refractivity contribution < 1.29 is 19.1 Å². The predicted molar refractivity (Wildman–Crippen MR) is 70.4 cm³/mol. The second-order valence-corrected chi connectivity index (χ2v) is 4.94. The molecule has 0 radical (unpaired) electrons. The van der Waals surface area contributed by atoms with Gasteiger partial charge in [-0.15, -0.1) is 0 Å². The molecule has 6 nitrogen and oxygen atoms in total. The first kappa shape index (κ1) is 12.7. The lowest BCUT2D eigenvalue weighted by Gasteiger charge is -2.19. The number of aromatic nitrogens is 1. The number of rotatable bonds is 2. The van der Waals surface area contributed by atoms with E-state index in [9.17, 15) is 9.59 Å². The van der Waals surface area contributed by atoms with Crippen LogP contribution in [0.4, 0.5) is 0 Å². The Kier molecular flexibility index (Phi) is 2.93. The monoisotopic (exact) mass is 274 g/mol. The Morgan fingerprint density at radius 3 is 3.00 bits per heavy atom. The molecule has 2 aromatic heterocycles. The average molecular weight is 274 g/mol. The number of carboxylic acids is 1. The minimum Gasteiger partial charge on any atom is -0.480 e. The Morgan fingerprint density at radius 1 is 1.45 bits per heavy atom. The van der Waals surface area contributed by atoms with Gasteiger partial charge in [-0.05, 0) is 31.9 Å². The zero-order valence-electron chi connectivity index (χ0n) is 11.0. The molecule has 2 aromatic rings. The van der Waals surface area contributed by atoms with Crippen LogP contribution in [0.1, 0.15) is 29.1 Å². The molecule has 6 heteroatoms. The van der Waals surface area contributed by atoms with Gasteiger partial charge in [-0.3, -0.25) is 4.79 Å². The highest BCUT2D eigenvalue weighted by atomic mass is 16.4. The van der Waals surface area contributed by atoms with Crippen LogP contribution in [0.5, 0.6) is 0 Å². The zero-order chi connectivity index (χ0) is 14.3. The van der Waals surface area contributed by atoms with E-state index < -0.39 is 12.0 Å². The van der Waals surface area contributed by atoms with Crippen molar-refractivity contribution in [2.45, 2.75) is 25.8 Å². The summed E-state index contributed by atoms with van der Waals surface area (Å²) in [6.45, 7) is 2.30. The largest absolute Gasteiger partial charge is 0.480 e. The molecule has 3 rings (SSSR count). The van der Waals surface area contributed by atoms with Gasteiger partial charge in [0.05, 0.1) is 0 Å². The summed E-state index contributed by atoms with van der Waals surface area (Å²) in [5.74, 6) is -1.21.